The molecule has 4 aliphatic rings. The van der Waals surface area contributed by atoms with Crippen LogP contribution in [0.2, 0.25) is 0 Å². The lowest BCUT2D eigenvalue weighted by molar-refractivity contribution is -0.134. The zero-order valence-electron chi connectivity index (χ0n) is 29.4. The summed E-state index contributed by atoms with van der Waals surface area (Å²) in [5, 5.41) is 25.0. The summed E-state index contributed by atoms with van der Waals surface area (Å²) >= 11 is 1.61. The van der Waals surface area contributed by atoms with Crippen molar-refractivity contribution in [2.24, 2.45) is 5.92 Å². The number of carbonyl (C=O) groups is 2. The maximum Gasteiger partial charge on any atom is 0.234 e. The van der Waals surface area contributed by atoms with Gasteiger partial charge < -0.3 is 19.9 Å². The molecule has 0 aromatic carbocycles. The number of hydrogen-bond donors (Lipinski definition) is 3. The molecule has 9 rings (SSSR count). The van der Waals surface area contributed by atoms with Gasteiger partial charge in [0.15, 0.2) is 5.01 Å². The van der Waals surface area contributed by atoms with Crippen molar-refractivity contribution >= 4 is 45.3 Å². The van der Waals surface area contributed by atoms with E-state index in [1.165, 1.54) is 0 Å². The van der Waals surface area contributed by atoms with Gasteiger partial charge in [-0.3, -0.25) is 30.1 Å². The number of pyridine rings is 2. The summed E-state index contributed by atoms with van der Waals surface area (Å²) in [6.45, 7) is 7.93. The first-order chi connectivity index (χ1) is 26.0. The van der Waals surface area contributed by atoms with Crippen LogP contribution in [0.3, 0.4) is 0 Å². The second-order valence-corrected chi connectivity index (χ2v) is 15.1. The number of piperidine rings is 2. The van der Waals surface area contributed by atoms with Crippen LogP contribution in [0.15, 0.2) is 61.1 Å². The van der Waals surface area contributed by atoms with Gasteiger partial charge in [0, 0.05) is 76.5 Å². The largest absolute Gasteiger partial charge is 0.367 e. The van der Waals surface area contributed by atoms with Crippen LogP contribution in [0.5, 0.6) is 0 Å². The van der Waals surface area contributed by atoms with Gasteiger partial charge in [-0.1, -0.05) is 17.4 Å². The monoisotopic (exact) mass is 734 g/mol. The minimum Gasteiger partial charge on any atom is -0.367 e. The normalized spacial score (nSPS) is 21.7. The highest BCUT2D eigenvalue weighted by Crippen LogP contribution is 2.36. The fraction of sp³-hybridized carbons (Fsp3) is 0.432. The molecule has 0 bridgehead atoms. The van der Waals surface area contributed by atoms with Crippen molar-refractivity contribution in [3.05, 3.63) is 66.6 Å². The molecule has 9 heterocycles. The maximum atomic E-state index is 12.3. The van der Waals surface area contributed by atoms with E-state index in [0.29, 0.717) is 32.1 Å². The van der Waals surface area contributed by atoms with E-state index < -0.39 is 0 Å². The minimum atomic E-state index is -0.301. The summed E-state index contributed by atoms with van der Waals surface area (Å²) in [7, 11) is 0. The Kier molecular flexibility index (Phi) is 9.42. The van der Waals surface area contributed by atoms with Gasteiger partial charge in [0.25, 0.3) is 0 Å². The highest BCUT2D eigenvalue weighted by molar-refractivity contribution is 7.18. The number of carbonyl (C=O) groups excluding carboxylic acids is 2. The predicted molar refractivity (Wildman–Crippen MR) is 202 cm³/mol. The van der Waals surface area contributed by atoms with Gasteiger partial charge in [0.1, 0.15) is 12.0 Å². The Bertz CT molecular complexity index is 2080. The van der Waals surface area contributed by atoms with Crippen LogP contribution in [0, 0.1) is 5.92 Å². The standard InChI is InChI=1S/C37H42N12O3S/c50-34-8-5-27(35(51)43-34)25-3-7-33(39-19-25)47-12-9-24(10-13-47)21-46-14-16-48(17-15-46)37-45-44-36(53-37)28-20-38-30(18-29(28)42-32-22-52-23-40-32)31-6-4-26-2-1-11-41-49(26)31/h1-4,6-7,11,18-20,24,27,32,40H,5,8-10,12-17,21-23H2,(H,38,42)(H,43,50,51)/t27-,32?/m0/s1. The Morgan fingerprint density at radius 1 is 0.925 bits per heavy atom. The van der Waals surface area contributed by atoms with E-state index in [9.17, 15) is 9.59 Å². The van der Waals surface area contributed by atoms with E-state index in [4.69, 9.17) is 14.7 Å². The van der Waals surface area contributed by atoms with Crippen molar-refractivity contribution in [1.29, 1.82) is 0 Å². The van der Waals surface area contributed by atoms with Gasteiger partial charge in [0.05, 0.1) is 41.7 Å². The lowest BCUT2D eigenvalue weighted by Crippen LogP contribution is -2.49. The van der Waals surface area contributed by atoms with E-state index in [2.05, 4.69) is 52.0 Å². The lowest BCUT2D eigenvalue weighted by atomic mass is 9.91. The summed E-state index contributed by atoms with van der Waals surface area (Å²) in [6.07, 6.45) is 8.61. The molecule has 2 atom stereocenters. The van der Waals surface area contributed by atoms with Crippen molar-refractivity contribution in [1.82, 2.24) is 45.3 Å². The number of imide groups is 1. The minimum absolute atomic E-state index is 0.0195. The molecule has 53 heavy (non-hydrogen) atoms. The van der Waals surface area contributed by atoms with Gasteiger partial charge in [-0.15, -0.1) is 10.2 Å². The van der Waals surface area contributed by atoms with Crippen LogP contribution < -0.4 is 25.8 Å². The molecule has 1 unspecified atom stereocenters. The van der Waals surface area contributed by atoms with Crippen molar-refractivity contribution < 1.29 is 14.3 Å². The molecular weight excluding hydrogens is 693 g/mol. The number of nitrogens with zero attached hydrogens (tertiary/aromatic N) is 9. The van der Waals surface area contributed by atoms with Crippen LogP contribution in [0.25, 0.3) is 27.5 Å². The van der Waals surface area contributed by atoms with Crippen molar-refractivity contribution in [2.45, 2.75) is 37.8 Å². The molecule has 16 heteroatoms. The molecule has 274 valence electrons. The topological polar surface area (TPSA) is 158 Å². The number of anilines is 3. The number of rotatable bonds is 9. The molecule has 4 aliphatic heterocycles. The Morgan fingerprint density at radius 3 is 2.60 bits per heavy atom. The molecule has 4 fully saturated rings. The third kappa shape index (κ3) is 7.19. The highest BCUT2D eigenvalue weighted by Gasteiger charge is 2.30. The van der Waals surface area contributed by atoms with Gasteiger partial charge in [-0.05, 0) is 67.1 Å². The summed E-state index contributed by atoms with van der Waals surface area (Å²) in [5.74, 6) is 0.884. The fourth-order valence-electron chi connectivity index (χ4n) is 7.79. The Morgan fingerprint density at radius 2 is 1.81 bits per heavy atom. The number of piperazine rings is 1. The predicted octanol–water partition coefficient (Wildman–Crippen LogP) is 3.18. The average molecular weight is 735 g/mol. The van der Waals surface area contributed by atoms with Crippen LogP contribution in [0.4, 0.5) is 16.6 Å². The SMILES string of the molecule is O=C1CC[C@@H](c2ccc(N3CCC(CN4CCN(c5nnc(-c6cnc(-c7ccc8cccnn78)cc6NC6COCN6)s5)CC4)CC3)nc2)C(=O)N1. The molecule has 0 aliphatic carbocycles. The van der Waals surface area contributed by atoms with Crippen LogP contribution in [-0.4, -0.2) is 112 Å². The highest BCUT2D eigenvalue weighted by atomic mass is 32.1. The van der Waals surface area contributed by atoms with Crippen molar-refractivity contribution in [3.8, 4) is 22.0 Å². The van der Waals surface area contributed by atoms with Gasteiger partial charge in [-0.2, -0.15) is 5.10 Å². The zero-order chi connectivity index (χ0) is 35.7. The molecule has 2 amide bonds. The molecular formula is C37H42N12O3S. The molecule has 3 N–H and O–H groups in total. The summed E-state index contributed by atoms with van der Waals surface area (Å²) in [6, 6.07) is 14.1. The average Bonchev–Trinajstić information content (AvgIpc) is 3.98. The number of aromatic nitrogens is 6. The second-order valence-electron chi connectivity index (χ2n) is 14.2. The summed E-state index contributed by atoms with van der Waals surface area (Å²) in [4.78, 5) is 40.6. The third-order valence-corrected chi connectivity index (χ3v) is 11.8. The zero-order valence-corrected chi connectivity index (χ0v) is 30.2. The van der Waals surface area contributed by atoms with Crippen LogP contribution in [-0.2, 0) is 14.3 Å². The first kappa shape index (κ1) is 33.8. The molecule has 0 spiro atoms. The number of fused-ring (bicyclic) bond motifs is 1. The fourth-order valence-corrected chi connectivity index (χ4v) is 8.71. The van der Waals surface area contributed by atoms with Crippen LogP contribution in [0.1, 0.15) is 37.2 Å². The van der Waals surface area contributed by atoms with Crippen molar-refractivity contribution in [2.75, 3.05) is 74.3 Å². The third-order valence-electron chi connectivity index (χ3n) is 10.8. The van der Waals surface area contributed by atoms with E-state index in [1.807, 2.05) is 47.1 Å². The Hall–Kier alpha value is -5.03. The number of amides is 2. The van der Waals surface area contributed by atoms with E-state index in [-0.39, 0.29) is 23.9 Å². The number of nitrogens with one attached hydrogen (secondary N) is 3. The Balaban J connectivity index is 0.797. The summed E-state index contributed by atoms with van der Waals surface area (Å²) < 4.78 is 7.46. The van der Waals surface area contributed by atoms with Crippen molar-refractivity contribution in [3.63, 3.8) is 0 Å². The number of ether oxygens (including phenoxy) is 1. The van der Waals surface area contributed by atoms with E-state index >= 15 is 0 Å². The van der Waals surface area contributed by atoms with E-state index in [0.717, 1.165) is 108 Å². The molecule has 0 saturated carbocycles. The smallest absolute Gasteiger partial charge is 0.234 e. The molecule has 4 saturated heterocycles. The second kappa shape index (κ2) is 14.8. The summed E-state index contributed by atoms with van der Waals surface area (Å²) in [5.41, 5.74) is 5.45. The number of hydrogen-bond acceptors (Lipinski definition) is 14. The lowest BCUT2D eigenvalue weighted by Gasteiger charge is -2.39. The van der Waals surface area contributed by atoms with E-state index in [1.54, 1.807) is 23.7 Å². The molecule has 5 aromatic heterocycles. The Labute approximate surface area is 310 Å². The van der Waals surface area contributed by atoms with Gasteiger partial charge in [-0.25, -0.2) is 9.50 Å². The van der Waals surface area contributed by atoms with Gasteiger partial charge >= 0.3 is 0 Å². The van der Waals surface area contributed by atoms with Crippen LogP contribution >= 0.6 is 11.3 Å². The first-order valence-corrected chi connectivity index (χ1v) is 19.2. The molecule has 0 radical (unpaired) electrons. The molecule has 15 nitrogen and oxygen atoms in total. The molecule has 5 aromatic rings. The maximum absolute atomic E-state index is 12.3. The van der Waals surface area contributed by atoms with Gasteiger partial charge in [0.2, 0.25) is 16.9 Å². The first-order valence-electron chi connectivity index (χ1n) is 18.4. The quantitative estimate of drug-likeness (QED) is 0.190.